The highest BCUT2D eigenvalue weighted by atomic mass is 35.5. The highest BCUT2D eigenvalue weighted by Gasteiger charge is 2.15. The Hall–Kier alpha value is -3.24. The lowest BCUT2D eigenvalue weighted by Gasteiger charge is -2.31. The molecule has 2 aromatic rings. The molecule has 10 nitrogen and oxygen atoms in total. The largest absolute Gasteiger partial charge is 0.293 e. The molecule has 3 rings (SSSR count). The maximum absolute atomic E-state index is 11.0. The van der Waals surface area contributed by atoms with E-state index in [-0.39, 0.29) is 21.4 Å². The highest BCUT2D eigenvalue weighted by Crippen LogP contribution is 2.25. The first-order chi connectivity index (χ1) is 14.3. The molecule has 0 amide bonds. The third kappa shape index (κ3) is 5.43. The van der Waals surface area contributed by atoms with Crippen molar-refractivity contribution in [2.24, 2.45) is 10.2 Å². The fourth-order valence-electron chi connectivity index (χ4n) is 2.71. The Bertz CT molecular complexity index is 940. The van der Waals surface area contributed by atoms with E-state index in [1.54, 1.807) is 24.6 Å². The quantitative estimate of drug-likeness (QED) is 0.375. The van der Waals surface area contributed by atoms with Gasteiger partial charge in [0.1, 0.15) is 10.0 Å². The van der Waals surface area contributed by atoms with Gasteiger partial charge in [0.2, 0.25) is 0 Å². The standard InChI is InChI=1S/C18H16Cl2N6O4/c19-15-3-1-13(9-17(15)25(27)28)11-21-23-5-7-24(8-6-23)22-12-14-2-4-16(20)18(10-14)26(29)30/h1-4,9-12H,5-8H2/b21-11-,22-12-. The van der Waals surface area contributed by atoms with Crippen LogP contribution in [0.2, 0.25) is 10.0 Å². The fourth-order valence-corrected chi connectivity index (χ4v) is 3.09. The maximum atomic E-state index is 11.0. The number of hydrazone groups is 2. The van der Waals surface area contributed by atoms with Crippen LogP contribution in [0.5, 0.6) is 0 Å². The van der Waals surface area contributed by atoms with Crippen molar-refractivity contribution in [3.63, 3.8) is 0 Å². The summed E-state index contributed by atoms with van der Waals surface area (Å²) in [4.78, 5) is 20.8. The topological polar surface area (TPSA) is 117 Å². The van der Waals surface area contributed by atoms with Crippen LogP contribution < -0.4 is 0 Å². The van der Waals surface area contributed by atoms with Crippen LogP contribution in [0, 0.1) is 20.2 Å². The van der Waals surface area contributed by atoms with Crippen LogP contribution in [0.1, 0.15) is 11.1 Å². The van der Waals surface area contributed by atoms with Gasteiger partial charge in [-0.1, -0.05) is 35.3 Å². The first-order valence-electron chi connectivity index (χ1n) is 8.79. The third-order valence-electron chi connectivity index (χ3n) is 4.31. The SMILES string of the molecule is O=[N+]([O-])c1cc(/C=N\N2CCN(/N=C\c3ccc(Cl)c([N+](=O)[O-])c3)CC2)ccc1Cl. The molecule has 1 aliphatic heterocycles. The van der Waals surface area contributed by atoms with Gasteiger partial charge in [-0.3, -0.25) is 30.2 Å². The molecule has 2 aromatic carbocycles. The fraction of sp³-hybridized carbons (Fsp3) is 0.222. The number of halogens is 2. The van der Waals surface area contributed by atoms with E-state index in [2.05, 4.69) is 10.2 Å². The van der Waals surface area contributed by atoms with Crippen molar-refractivity contribution >= 4 is 47.0 Å². The molecule has 0 aromatic heterocycles. The van der Waals surface area contributed by atoms with E-state index < -0.39 is 9.85 Å². The van der Waals surface area contributed by atoms with Crippen LogP contribution in [-0.4, -0.2) is 58.5 Å². The number of nitro benzene ring substituents is 2. The molecule has 0 spiro atoms. The Morgan fingerprint density at radius 2 is 1.13 bits per heavy atom. The van der Waals surface area contributed by atoms with E-state index in [0.29, 0.717) is 37.3 Å². The Morgan fingerprint density at radius 1 is 0.767 bits per heavy atom. The summed E-state index contributed by atoms with van der Waals surface area (Å²) in [7, 11) is 0. The lowest BCUT2D eigenvalue weighted by molar-refractivity contribution is -0.384. The molecule has 0 aliphatic carbocycles. The van der Waals surface area contributed by atoms with Gasteiger partial charge >= 0.3 is 0 Å². The number of hydrogen-bond acceptors (Lipinski definition) is 8. The van der Waals surface area contributed by atoms with Gasteiger partial charge in [0.05, 0.1) is 48.5 Å². The van der Waals surface area contributed by atoms with E-state index in [0.717, 1.165) is 0 Å². The average molecular weight is 451 g/mol. The summed E-state index contributed by atoms with van der Waals surface area (Å²) in [5.41, 5.74) is 0.830. The van der Waals surface area contributed by atoms with Crippen LogP contribution >= 0.6 is 23.2 Å². The van der Waals surface area contributed by atoms with E-state index in [1.165, 1.54) is 24.3 Å². The third-order valence-corrected chi connectivity index (χ3v) is 4.95. The molecule has 30 heavy (non-hydrogen) atoms. The highest BCUT2D eigenvalue weighted by molar-refractivity contribution is 6.33. The van der Waals surface area contributed by atoms with E-state index in [9.17, 15) is 20.2 Å². The maximum Gasteiger partial charge on any atom is 0.288 e. The van der Waals surface area contributed by atoms with Gasteiger partial charge in [-0.25, -0.2) is 0 Å². The van der Waals surface area contributed by atoms with Crippen molar-refractivity contribution in [1.29, 1.82) is 0 Å². The van der Waals surface area contributed by atoms with Crippen LogP contribution in [0.4, 0.5) is 11.4 Å². The van der Waals surface area contributed by atoms with Gasteiger partial charge in [0.15, 0.2) is 0 Å². The van der Waals surface area contributed by atoms with Crippen molar-refractivity contribution in [2.75, 3.05) is 26.2 Å². The summed E-state index contributed by atoms with van der Waals surface area (Å²) in [5.74, 6) is 0. The zero-order chi connectivity index (χ0) is 21.7. The average Bonchev–Trinajstić information content (AvgIpc) is 2.73. The summed E-state index contributed by atoms with van der Waals surface area (Å²) in [6, 6.07) is 8.99. The second-order valence-corrected chi connectivity index (χ2v) is 7.15. The second kappa shape index (κ2) is 9.51. The summed E-state index contributed by atoms with van der Waals surface area (Å²) in [5, 5.41) is 34.4. The predicted molar refractivity (Wildman–Crippen MR) is 115 cm³/mol. The van der Waals surface area contributed by atoms with Gasteiger partial charge in [-0.15, -0.1) is 0 Å². The first kappa shape index (κ1) is 21.5. The van der Waals surface area contributed by atoms with E-state index in [1.807, 2.05) is 10.0 Å². The minimum Gasteiger partial charge on any atom is -0.293 e. The van der Waals surface area contributed by atoms with Gasteiger partial charge in [0.25, 0.3) is 11.4 Å². The molecule has 0 unspecified atom stereocenters. The Morgan fingerprint density at radius 3 is 1.47 bits per heavy atom. The monoisotopic (exact) mass is 450 g/mol. The number of rotatable bonds is 6. The smallest absolute Gasteiger partial charge is 0.288 e. The molecule has 0 N–H and O–H groups in total. The number of hydrogen-bond donors (Lipinski definition) is 0. The molecule has 0 atom stereocenters. The van der Waals surface area contributed by atoms with Crippen LogP contribution in [0.3, 0.4) is 0 Å². The van der Waals surface area contributed by atoms with Crippen molar-refractivity contribution < 1.29 is 9.85 Å². The Kier molecular flexibility index (Phi) is 6.80. The molecular weight excluding hydrogens is 435 g/mol. The summed E-state index contributed by atoms with van der Waals surface area (Å²) >= 11 is 11.6. The minimum atomic E-state index is -0.536. The van der Waals surface area contributed by atoms with Gasteiger partial charge in [-0.05, 0) is 12.1 Å². The predicted octanol–water partition coefficient (Wildman–Crippen LogP) is 3.80. The summed E-state index contributed by atoms with van der Waals surface area (Å²) in [6.45, 7) is 2.41. The molecule has 1 saturated heterocycles. The minimum absolute atomic E-state index is 0.0784. The van der Waals surface area contributed by atoms with E-state index in [4.69, 9.17) is 23.2 Å². The van der Waals surface area contributed by atoms with Crippen LogP contribution in [-0.2, 0) is 0 Å². The first-order valence-corrected chi connectivity index (χ1v) is 9.55. The molecule has 12 heteroatoms. The molecular formula is C18H16Cl2N6O4. The molecule has 1 heterocycles. The van der Waals surface area contributed by atoms with Gasteiger partial charge < -0.3 is 0 Å². The molecule has 156 valence electrons. The van der Waals surface area contributed by atoms with Gasteiger partial charge in [-0.2, -0.15) is 10.2 Å². The summed E-state index contributed by atoms with van der Waals surface area (Å²) < 4.78 is 0. The molecule has 1 aliphatic rings. The van der Waals surface area contributed by atoms with Crippen molar-refractivity contribution in [3.05, 3.63) is 77.8 Å². The van der Waals surface area contributed by atoms with Crippen LogP contribution in [0.15, 0.2) is 46.6 Å². The number of piperazine rings is 1. The number of benzene rings is 2. The van der Waals surface area contributed by atoms with Gasteiger partial charge in [0, 0.05) is 23.3 Å². The zero-order valence-electron chi connectivity index (χ0n) is 15.5. The Labute approximate surface area is 181 Å². The zero-order valence-corrected chi connectivity index (χ0v) is 17.0. The second-order valence-electron chi connectivity index (χ2n) is 6.33. The molecule has 0 saturated carbocycles. The van der Waals surface area contributed by atoms with Crippen molar-refractivity contribution in [1.82, 2.24) is 10.0 Å². The Balaban J connectivity index is 1.56. The normalized spacial score (nSPS) is 14.6. The molecule has 1 fully saturated rings. The molecule has 0 bridgehead atoms. The number of nitrogens with zero attached hydrogens (tertiary/aromatic N) is 6. The van der Waals surface area contributed by atoms with E-state index >= 15 is 0 Å². The number of nitro groups is 2. The van der Waals surface area contributed by atoms with Crippen molar-refractivity contribution in [3.8, 4) is 0 Å². The lowest BCUT2D eigenvalue weighted by Crippen LogP contribution is -2.41. The summed E-state index contributed by atoms with van der Waals surface area (Å²) in [6.07, 6.45) is 3.10. The molecule has 0 radical (unpaired) electrons. The van der Waals surface area contributed by atoms with Crippen LogP contribution in [0.25, 0.3) is 0 Å². The van der Waals surface area contributed by atoms with Crippen molar-refractivity contribution in [2.45, 2.75) is 0 Å². The lowest BCUT2D eigenvalue weighted by atomic mass is 10.2.